The van der Waals surface area contributed by atoms with Gasteiger partial charge in [-0.3, -0.25) is 5.41 Å². The molecule has 0 saturated carbocycles. The van der Waals surface area contributed by atoms with Crippen LogP contribution >= 0.6 is 12.4 Å². The van der Waals surface area contributed by atoms with Crippen LogP contribution in [-0.2, 0) is 17.3 Å². The Morgan fingerprint density at radius 3 is 2.14 bits per heavy atom. The van der Waals surface area contributed by atoms with Gasteiger partial charge in [0, 0.05) is 36.2 Å². The van der Waals surface area contributed by atoms with E-state index in [-0.39, 0.29) is 29.2 Å². The topological polar surface area (TPSA) is 71.1 Å². The first-order valence-electron chi connectivity index (χ1n) is 13.2. The molecule has 0 spiro atoms. The van der Waals surface area contributed by atoms with Crippen LogP contribution in [0.4, 0.5) is 0 Å². The van der Waals surface area contributed by atoms with Crippen LogP contribution in [0.1, 0.15) is 83.6 Å². The van der Waals surface area contributed by atoms with Crippen molar-refractivity contribution in [2.24, 2.45) is 11.8 Å². The molecule has 2 unspecified atom stereocenters. The Morgan fingerprint density at radius 1 is 1.08 bits per heavy atom. The van der Waals surface area contributed by atoms with Gasteiger partial charge in [0.25, 0.3) is 0 Å². The number of allylic oxidation sites excluding steroid dienone is 1. The van der Waals surface area contributed by atoms with Crippen molar-refractivity contribution in [3.8, 4) is 11.8 Å². The van der Waals surface area contributed by atoms with Gasteiger partial charge in [0.1, 0.15) is 5.75 Å². The highest BCUT2D eigenvalue weighted by molar-refractivity contribution is 5.87. The highest BCUT2D eigenvalue weighted by Crippen LogP contribution is 2.41. The molecule has 1 aliphatic heterocycles. The third-order valence-corrected chi connectivity index (χ3v) is 7.37. The molecule has 1 aliphatic rings. The standard InChI is InChI=1S/C32H43N3O.ClH/c1-8-12-24-21-35(30(34)26(24)17-22-13-10-9-11-14-22)20-23(15-16-33)25-18-27(31(2,3)4)29(36)28(19-25)32(5,6)7;/h9-11,13-15,18-19,24,26,34,36H,8,12,17,20-21H2,1-7H3;1H/b23-15-,34-30?;. The van der Waals surface area contributed by atoms with Crippen LogP contribution in [0.5, 0.6) is 5.75 Å². The highest BCUT2D eigenvalue weighted by atomic mass is 35.5. The lowest BCUT2D eigenvalue weighted by molar-refractivity contribution is 0.373. The van der Waals surface area contributed by atoms with E-state index in [1.165, 1.54) is 5.56 Å². The zero-order chi connectivity index (χ0) is 26.7. The Labute approximate surface area is 230 Å². The predicted octanol–water partition coefficient (Wildman–Crippen LogP) is 7.88. The van der Waals surface area contributed by atoms with Gasteiger partial charge in [-0.05, 0) is 58.4 Å². The molecule has 2 aromatic carbocycles. The lowest BCUT2D eigenvalue weighted by atomic mass is 9.77. The summed E-state index contributed by atoms with van der Waals surface area (Å²) in [5.74, 6) is 1.63. The van der Waals surface area contributed by atoms with Gasteiger partial charge in [0.2, 0.25) is 0 Å². The number of halogens is 1. The van der Waals surface area contributed by atoms with Gasteiger partial charge in [0.15, 0.2) is 0 Å². The van der Waals surface area contributed by atoms with Crippen LogP contribution in [-0.4, -0.2) is 28.9 Å². The van der Waals surface area contributed by atoms with Crippen molar-refractivity contribution in [2.45, 2.75) is 78.6 Å². The molecule has 0 radical (unpaired) electrons. The molecule has 0 aliphatic carbocycles. The maximum Gasteiger partial charge on any atom is 0.123 e. The summed E-state index contributed by atoms with van der Waals surface area (Å²) in [6.45, 7) is 16.2. The van der Waals surface area contributed by atoms with Crippen LogP contribution in [0.2, 0.25) is 0 Å². The monoisotopic (exact) mass is 521 g/mol. The Hall–Kier alpha value is -2.77. The third kappa shape index (κ3) is 7.17. The fourth-order valence-electron chi connectivity index (χ4n) is 5.38. The third-order valence-electron chi connectivity index (χ3n) is 7.37. The summed E-state index contributed by atoms with van der Waals surface area (Å²) < 4.78 is 0. The fraction of sp³-hybridized carbons (Fsp3) is 0.500. The second kappa shape index (κ2) is 12.2. The Bertz CT molecular complexity index is 1110. The molecule has 37 heavy (non-hydrogen) atoms. The number of phenols is 1. The summed E-state index contributed by atoms with van der Waals surface area (Å²) in [4.78, 5) is 2.16. The van der Waals surface area contributed by atoms with E-state index in [2.05, 4.69) is 83.7 Å². The van der Waals surface area contributed by atoms with E-state index >= 15 is 0 Å². The Balaban J connectivity index is 0.00000481. The molecule has 1 heterocycles. The van der Waals surface area contributed by atoms with Crippen molar-refractivity contribution in [1.82, 2.24) is 4.90 Å². The summed E-state index contributed by atoms with van der Waals surface area (Å²) in [6.07, 6.45) is 4.69. The molecule has 1 saturated heterocycles. The molecular weight excluding hydrogens is 478 g/mol. The SMILES string of the molecule is CCCC1CN(C/C(=C/C#N)c2cc(C(C)(C)C)c(O)c(C(C)(C)C)c2)C(=N)C1Cc1ccccc1.Cl. The van der Waals surface area contributed by atoms with E-state index < -0.39 is 0 Å². The predicted molar refractivity (Wildman–Crippen MR) is 158 cm³/mol. The number of amidine groups is 1. The molecule has 200 valence electrons. The van der Waals surface area contributed by atoms with E-state index in [1.54, 1.807) is 6.08 Å². The van der Waals surface area contributed by atoms with E-state index in [9.17, 15) is 10.4 Å². The number of rotatable bonds is 7. The van der Waals surface area contributed by atoms with Crippen molar-refractivity contribution in [3.63, 3.8) is 0 Å². The van der Waals surface area contributed by atoms with Gasteiger partial charge in [-0.15, -0.1) is 12.4 Å². The number of aromatic hydroxyl groups is 1. The van der Waals surface area contributed by atoms with E-state index in [0.717, 1.165) is 48.1 Å². The number of nitriles is 1. The van der Waals surface area contributed by atoms with Crippen molar-refractivity contribution in [2.75, 3.05) is 13.1 Å². The van der Waals surface area contributed by atoms with Crippen LogP contribution in [0, 0.1) is 28.6 Å². The van der Waals surface area contributed by atoms with E-state index in [0.29, 0.717) is 24.0 Å². The number of nitrogens with one attached hydrogen (secondary N) is 1. The smallest absolute Gasteiger partial charge is 0.123 e. The minimum absolute atomic E-state index is 0. The minimum atomic E-state index is -0.245. The molecule has 0 bridgehead atoms. The van der Waals surface area contributed by atoms with Gasteiger partial charge in [-0.2, -0.15) is 5.26 Å². The zero-order valence-corrected chi connectivity index (χ0v) is 24.4. The van der Waals surface area contributed by atoms with Gasteiger partial charge < -0.3 is 10.0 Å². The minimum Gasteiger partial charge on any atom is -0.507 e. The lowest BCUT2D eigenvalue weighted by Gasteiger charge is -2.29. The first-order chi connectivity index (χ1) is 16.9. The van der Waals surface area contributed by atoms with Gasteiger partial charge in [0.05, 0.1) is 11.9 Å². The van der Waals surface area contributed by atoms with Crippen LogP contribution in [0.15, 0.2) is 48.5 Å². The normalized spacial score (nSPS) is 18.5. The second-order valence-electron chi connectivity index (χ2n) is 12.3. The highest BCUT2D eigenvalue weighted by Gasteiger charge is 2.37. The van der Waals surface area contributed by atoms with Crippen molar-refractivity contribution in [3.05, 3.63) is 70.8 Å². The first-order valence-corrected chi connectivity index (χ1v) is 13.2. The second-order valence-corrected chi connectivity index (χ2v) is 12.3. The van der Waals surface area contributed by atoms with Crippen molar-refractivity contribution >= 4 is 23.8 Å². The molecule has 4 nitrogen and oxygen atoms in total. The maximum atomic E-state index is 11.2. The first kappa shape index (κ1) is 30.5. The maximum absolute atomic E-state index is 11.2. The average molecular weight is 522 g/mol. The lowest BCUT2D eigenvalue weighted by Crippen LogP contribution is -2.29. The quantitative estimate of drug-likeness (QED) is 0.364. The average Bonchev–Trinajstić information content (AvgIpc) is 3.07. The summed E-state index contributed by atoms with van der Waals surface area (Å²) in [5, 5.41) is 30.0. The summed E-state index contributed by atoms with van der Waals surface area (Å²) in [7, 11) is 0. The number of hydrogen-bond donors (Lipinski definition) is 2. The summed E-state index contributed by atoms with van der Waals surface area (Å²) >= 11 is 0. The van der Waals surface area contributed by atoms with Crippen molar-refractivity contribution < 1.29 is 5.11 Å². The molecule has 2 atom stereocenters. The molecule has 0 aromatic heterocycles. The Kier molecular flexibility index (Phi) is 10.0. The van der Waals surface area contributed by atoms with Crippen molar-refractivity contribution in [1.29, 1.82) is 10.7 Å². The Morgan fingerprint density at radius 2 is 1.65 bits per heavy atom. The molecular formula is C32H44ClN3O. The number of benzene rings is 2. The molecule has 5 heteroatoms. The summed E-state index contributed by atoms with van der Waals surface area (Å²) in [5.41, 5.74) is 4.40. The molecule has 1 fully saturated rings. The summed E-state index contributed by atoms with van der Waals surface area (Å²) in [6, 6.07) is 16.8. The number of phenolic OH excluding ortho intramolecular Hbond substituents is 1. The van der Waals surface area contributed by atoms with Crippen LogP contribution in [0.25, 0.3) is 5.57 Å². The molecule has 2 N–H and O–H groups in total. The largest absolute Gasteiger partial charge is 0.507 e. The van der Waals surface area contributed by atoms with Gasteiger partial charge >= 0.3 is 0 Å². The van der Waals surface area contributed by atoms with E-state index in [4.69, 9.17) is 5.41 Å². The zero-order valence-electron chi connectivity index (χ0n) is 23.6. The molecule has 2 aromatic rings. The van der Waals surface area contributed by atoms with Gasteiger partial charge in [-0.1, -0.05) is 85.2 Å². The number of likely N-dealkylation sites (tertiary alicyclic amines) is 1. The van der Waals surface area contributed by atoms with Gasteiger partial charge in [-0.25, -0.2) is 0 Å². The molecule has 3 rings (SSSR count). The van der Waals surface area contributed by atoms with Crippen LogP contribution in [0.3, 0.4) is 0 Å². The molecule has 0 amide bonds. The van der Waals surface area contributed by atoms with Crippen LogP contribution < -0.4 is 0 Å². The fourth-order valence-corrected chi connectivity index (χ4v) is 5.38. The van der Waals surface area contributed by atoms with E-state index in [1.807, 2.05) is 18.2 Å². The number of nitrogens with zero attached hydrogens (tertiary/aromatic N) is 2. The number of hydrogen-bond acceptors (Lipinski definition) is 3.